The number of hydrogen-bond donors (Lipinski definition) is 1. The molecule has 4 heteroatoms. The van der Waals surface area contributed by atoms with Crippen molar-refractivity contribution in [3.63, 3.8) is 0 Å². The minimum atomic E-state index is -0.555. The van der Waals surface area contributed by atoms with Gasteiger partial charge in [0, 0.05) is 17.3 Å². The molecule has 0 aromatic carbocycles. The number of carbonyl (C=O) groups excluding carboxylic acids is 1. The monoisotopic (exact) mass is 248 g/mol. The third-order valence-corrected chi connectivity index (χ3v) is 3.69. The van der Waals surface area contributed by atoms with Crippen molar-refractivity contribution < 1.29 is 4.79 Å². The molecule has 1 aromatic heterocycles. The first kappa shape index (κ1) is 12.2. The summed E-state index contributed by atoms with van der Waals surface area (Å²) in [4.78, 5) is 15.2. The lowest BCUT2D eigenvalue weighted by Crippen LogP contribution is -2.44. The van der Waals surface area contributed by atoms with Crippen LogP contribution in [0, 0.1) is 12.3 Å². The molecule has 1 saturated carbocycles. The second kappa shape index (κ2) is 5.35. The lowest BCUT2D eigenvalue weighted by Gasteiger charge is -2.24. The van der Waals surface area contributed by atoms with E-state index in [9.17, 15) is 4.79 Å². The van der Waals surface area contributed by atoms with E-state index in [0.717, 1.165) is 12.8 Å². The first-order valence-corrected chi connectivity index (χ1v) is 6.62. The highest BCUT2D eigenvalue weighted by Crippen LogP contribution is 2.29. The van der Waals surface area contributed by atoms with E-state index < -0.39 is 6.04 Å². The number of nitrogens with two attached hydrogens (primary N) is 1. The molecule has 1 aliphatic carbocycles. The molecule has 1 fully saturated rings. The van der Waals surface area contributed by atoms with Gasteiger partial charge in [-0.3, -0.25) is 4.79 Å². The smallest absolute Gasteiger partial charge is 0.241 e. The van der Waals surface area contributed by atoms with Gasteiger partial charge in [-0.15, -0.1) is 23.7 Å². The number of nitrogens with zero attached hydrogens (tertiary/aromatic N) is 1. The summed E-state index contributed by atoms with van der Waals surface area (Å²) in [5, 5.41) is 2.02. The van der Waals surface area contributed by atoms with E-state index in [0.29, 0.717) is 19.0 Å². The molecule has 0 spiro atoms. The van der Waals surface area contributed by atoms with Gasteiger partial charge in [-0.05, 0) is 24.3 Å². The molecule has 1 amide bonds. The Morgan fingerprint density at radius 2 is 2.47 bits per heavy atom. The van der Waals surface area contributed by atoms with Gasteiger partial charge in [0.15, 0.2) is 0 Å². The molecule has 0 aliphatic heterocycles. The van der Waals surface area contributed by atoms with Crippen molar-refractivity contribution in [2.75, 3.05) is 0 Å². The van der Waals surface area contributed by atoms with Crippen LogP contribution >= 0.6 is 11.3 Å². The largest absolute Gasteiger partial charge is 0.333 e. The molecule has 3 nitrogen and oxygen atoms in total. The highest BCUT2D eigenvalue weighted by molar-refractivity contribution is 7.09. The van der Waals surface area contributed by atoms with Crippen LogP contribution in [0.25, 0.3) is 0 Å². The first-order chi connectivity index (χ1) is 8.22. The van der Waals surface area contributed by atoms with E-state index in [2.05, 4.69) is 5.92 Å². The number of amides is 1. The fraction of sp³-hybridized carbons (Fsp3) is 0.462. The van der Waals surface area contributed by atoms with Gasteiger partial charge >= 0.3 is 0 Å². The molecule has 17 heavy (non-hydrogen) atoms. The molecule has 1 unspecified atom stereocenters. The summed E-state index contributed by atoms with van der Waals surface area (Å²) in [5.74, 6) is 2.44. The van der Waals surface area contributed by atoms with Gasteiger partial charge in [-0.1, -0.05) is 6.07 Å². The molecule has 90 valence electrons. The summed E-state index contributed by atoms with van der Waals surface area (Å²) in [6, 6.07) is 3.85. The Labute approximate surface area is 106 Å². The average Bonchev–Trinajstić information content (AvgIpc) is 3.03. The van der Waals surface area contributed by atoms with Gasteiger partial charge in [0.05, 0.1) is 12.6 Å². The molecular formula is C13H16N2OS. The van der Waals surface area contributed by atoms with Gasteiger partial charge in [-0.25, -0.2) is 0 Å². The summed E-state index contributed by atoms with van der Waals surface area (Å²) in [5.41, 5.74) is 5.79. The minimum Gasteiger partial charge on any atom is -0.333 e. The van der Waals surface area contributed by atoms with E-state index in [4.69, 9.17) is 12.2 Å². The normalized spacial score (nSPS) is 16.2. The van der Waals surface area contributed by atoms with Gasteiger partial charge in [0.2, 0.25) is 5.91 Å². The lowest BCUT2D eigenvalue weighted by atomic mass is 10.2. The Hall–Kier alpha value is -1.31. The number of rotatable bonds is 5. The van der Waals surface area contributed by atoms with Crippen molar-refractivity contribution in [3.05, 3.63) is 22.4 Å². The molecule has 1 heterocycles. The quantitative estimate of drug-likeness (QED) is 0.804. The van der Waals surface area contributed by atoms with Gasteiger partial charge < -0.3 is 10.6 Å². The zero-order chi connectivity index (χ0) is 12.3. The molecule has 1 atom stereocenters. The fourth-order valence-electron chi connectivity index (χ4n) is 1.77. The Bertz CT molecular complexity index is 417. The molecule has 2 N–H and O–H groups in total. The van der Waals surface area contributed by atoms with E-state index in [1.165, 1.54) is 4.88 Å². The number of hydrogen-bond acceptors (Lipinski definition) is 3. The van der Waals surface area contributed by atoms with E-state index in [-0.39, 0.29) is 5.91 Å². The van der Waals surface area contributed by atoms with Crippen LogP contribution in [0.15, 0.2) is 17.5 Å². The summed E-state index contributed by atoms with van der Waals surface area (Å²) in [7, 11) is 0. The third-order valence-electron chi connectivity index (χ3n) is 2.83. The molecule has 0 radical (unpaired) electrons. The SMILES string of the molecule is C#CCC(N)C(=O)N(Cc1cccs1)C1CC1. The molecule has 1 aliphatic rings. The maximum atomic E-state index is 12.2. The number of carbonyl (C=O) groups is 1. The van der Waals surface area contributed by atoms with Crippen molar-refractivity contribution in [1.82, 2.24) is 4.90 Å². The van der Waals surface area contributed by atoms with Crippen LogP contribution in [0.2, 0.25) is 0 Å². The second-order valence-corrected chi connectivity index (χ2v) is 5.32. The molecule has 0 bridgehead atoms. The number of thiophene rings is 1. The summed E-state index contributed by atoms with van der Waals surface area (Å²) in [6.07, 6.45) is 7.67. The van der Waals surface area contributed by atoms with Crippen LogP contribution in [-0.4, -0.2) is 22.9 Å². The zero-order valence-corrected chi connectivity index (χ0v) is 10.5. The van der Waals surface area contributed by atoms with Gasteiger partial charge in [0.1, 0.15) is 0 Å². The predicted molar refractivity (Wildman–Crippen MR) is 69.3 cm³/mol. The van der Waals surface area contributed by atoms with Crippen molar-refractivity contribution in [1.29, 1.82) is 0 Å². The maximum absolute atomic E-state index is 12.2. The Morgan fingerprint density at radius 3 is 3.00 bits per heavy atom. The van der Waals surface area contributed by atoms with Gasteiger partial charge in [-0.2, -0.15) is 0 Å². The Morgan fingerprint density at radius 1 is 1.71 bits per heavy atom. The standard InChI is InChI=1S/C13H16N2OS/c1-2-4-12(14)13(16)15(10-6-7-10)9-11-5-3-8-17-11/h1,3,5,8,10,12H,4,6-7,9,14H2. The highest BCUT2D eigenvalue weighted by Gasteiger charge is 2.34. The summed E-state index contributed by atoms with van der Waals surface area (Å²) < 4.78 is 0. The molecule has 0 saturated heterocycles. The van der Waals surface area contributed by atoms with Crippen molar-refractivity contribution >= 4 is 17.2 Å². The van der Waals surface area contributed by atoms with Crippen LogP contribution in [0.4, 0.5) is 0 Å². The van der Waals surface area contributed by atoms with Gasteiger partial charge in [0.25, 0.3) is 0 Å². The molecule has 1 aromatic rings. The average molecular weight is 248 g/mol. The van der Waals surface area contributed by atoms with E-state index >= 15 is 0 Å². The first-order valence-electron chi connectivity index (χ1n) is 5.74. The van der Waals surface area contributed by atoms with Crippen molar-refractivity contribution in [3.8, 4) is 12.3 Å². The molecule has 2 rings (SSSR count). The topological polar surface area (TPSA) is 46.3 Å². The van der Waals surface area contributed by atoms with Crippen LogP contribution in [-0.2, 0) is 11.3 Å². The summed E-state index contributed by atoms with van der Waals surface area (Å²) in [6.45, 7) is 0.666. The van der Waals surface area contributed by atoms with Crippen LogP contribution < -0.4 is 5.73 Å². The number of terminal acetylenes is 1. The third kappa shape index (κ3) is 3.09. The zero-order valence-electron chi connectivity index (χ0n) is 9.63. The van der Waals surface area contributed by atoms with Crippen LogP contribution in [0.3, 0.4) is 0 Å². The lowest BCUT2D eigenvalue weighted by molar-refractivity contribution is -0.133. The van der Waals surface area contributed by atoms with Crippen molar-refractivity contribution in [2.45, 2.75) is 37.9 Å². The maximum Gasteiger partial charge on any atom is 0.241 e. The van der Waals surface area contributed by atoms with E-state index in [1.54, 1.807) is 11.3 Å². The predicted octanol–water partition coefficient (Wildman–Crippen LogP) is 1.59. The fourth-order valence-corrected chi connectivity index (χ4v) is 2.47. The Kier molecular flexibility index (Phi) is 3.82. The highest BCUT2D eigenvalue weighted by atomic mass is 32.1. The van der Waals surface area contributed by atoms with Crippen LogP contribution in [0.5, 0.6) is 0 Å². The van der Waals surface area contributed by atoms with Crippen molar-refractivity contribution in [2.24, 2.45) is 5.73 Å². The summed E-state index contributed by atoms with van der Waals surface area (Å²) >= 11 is 1.66. The Balaban J connectivity index is 2.02. The minimum absolute atomic E-state index is 0.0150. The van der Waals surface area contributed by atoms with Crippen LogP contribution in [0.1, 0.15) is 24.1 Å². The van der Waals surface area contributed by atoms with E-state index in [1.807, 2.05) is 22.4 Å². The molecular weight excluding hydrogens is 232 g/mol. The second-order valence-electron chi connectivity index (χ2n) is 4.29.